The lowest BCUT2D eigenvalue weighted by atomic mass is 9.93. The molecule has 0 bridgehead atoms. The number of hydrogen-bond donors (Lipinski definition) is 2. The number of benzene rings is 1. The summed E-state index contributed by atoms with van der Waals surface area (Å²) in [5, 5.41) is 3.09. The molecule has 0 saturated heterocycles. The van der Waals surface area contributed by atoms with Crippen LogP contribution in [-0.2, 0) is 6.42 Å². The van der Waals surface area contributed by atoms with E-state index >= 15 is 0 Å². The fourth-order valence-electron chi connectivity index (χ4n) is 3.72. The van der Waals surface area contributed by atoms with Crippen molar-refractivity contribution >= 4 is 11.7 Å². The Hall–Kier alpha value is -2.56. The van der Waals surface area contributed by atoms with Crippen LogP contribution in [-0.4, -0.2) is 23.3 Å². The quantitative estimate of drug-likeness (QED) is 0.892. The molecular weight excluding hydrogens is 304 g/mol. The fourth-order valence-corrected chi connectivity index (χ4v) is 3.72. The number of carbonyl (C=O) groups is 2. The molecule has 2 aliphatic rings. The summed E-state index contributed by atoms with van der Waals surface area (Å²) in [5.74, 6) is 0.809. The zero-order valence-electron chi connectivity index (χ0n) is 13.6. The minimum atomic E-state index is -0.156. The molecule has 4 rings (SSSR count). The van der Waals surface area contributed by atoms with E-state index in [4.69, 9.17) is 4.74 Å². The molecule has 0 saturated carbocycles. The van der Waals surface area contributed by atoms with Crippen molar-refractivity contribution in [2.75, 3.05) is 6.61 Å². The predicted octanol–water partition coefficient (Wildman–Crippen LogP) is 3.10. The number of Topliss-reactive ketones (excluding diaryl/α,β-unsaturated/α-hetero) is 1. The van der Waals surface area contributed by atoms with Gasteiger partial charge in [-0.05, 0) is 31.4 Å². The maximum absolute atomic E-state index is 12.8. The first-order valence-electron chi connectivity index (χ1n) is 8.42. The average Bonchev–Trinajstić information content (AvgIpc) is 2.93. The van der Waals surface area contributed by atoms with Crippen LogP contribution in [0, 0.1) is 6.92 Å². The number of aryl methyl sites for hydroxylation is 1. The van der Waals surface area contributed by atoms with E-state index in [1.165, 1.54) is 0 Å². The number of H-pyrrole nitrogens is 1. The molecule has 2 N–H and O–H groups in total. The van der Waals surface area contributed by atoms with Crippen LogP contribution in [0.4, 0.5) is 0 Å². The van der Waals surface area contributed by atoms with E-state index in [1.807, 2.05) is 31.2 Å². The van der Waals surface area contributed by atoms with Gasteiger partial charge in [0.2, 0.25) is 0 Å². The lowest BCUT2D eigenvalue weighted by Crippen LogP contribution is -2.32. The van der Waals surface area contributed by atoms with E-state index in [1.54, 1.807) is 0 Å². The van der Waals surface area contributed by atoms with Gasteiger partial charge in [0.15, 0.2) is 5.78 Å². The number of rotatable bonds is 2. The van der Waals surface area contributed by atoms with Gasteiger partial charge < -0.3 is 15.0 Å². The molecule has 1 unspecified atom stereocenters. The Kier molecular flexibility index (Phi) is 3.63. The maximum atomic E-state index is 12.8. The van der Waals surface area contributed by atoms with Crippen LogP contribution in [0.1, 0.15) is 63.0 Å². The molecule has 5 nitrogen and oxygen atoms in total. The molecule has 24 heavy (non-hydrogen) atoms. The minimum Gasteiger partial charge on any atom is -0.493 e. The number of ketones is 1. The minimum absolute atomic E-state index is 0.0714. The van der Waals surface area contributed by atoms with Crippen molar-refractivity contribution in [3.8, 4) is 5.75 Å². The molecule has 5 heteroatoms. The van der Waals surface area contributed by atoms with Crippen molar-refractivity contribution < 1.29 is 14.3 Å². The van der Waals surface area contributed by atoms with Crippen molar-refractivity contribution in [3.63, 3.8) is 0 Å². The Balaban J connectivity index is 1.61. The average molecular weight is 324 g/mol. The summed E-state index contributed by atoms with van der Waals surface area (Å²) in [4.78, 5) is 28.1. The summed E-state index contributed by atoms with van der Waals surface area (Å²) >= 11 is 0. The van der Waals surface area contributed by atoms with Gasteiger partial charge in [-0.25, -0.2) is 0 Å². The number of nitrogens with one attached hydrogen (secondary N) is 2. The number of para-hydroxylation sites is 1. The first-order chi connectivity index (χ1) is 11.6. The van der Waals surface area contributed by atoms with Crippen molar-refractivity contribution in [1.29, 1.82) is 0 Å². The maximum Gasteiger partial charge on any atom is 0.268 e. The Morgan fingerprint density at radius 2 is 2.12 bits per heavy atom. The Morgan fingerprint density at radius 3 is 2.96 bits per heavy atom. The number of ether oxygens (including phenoxy) is 1. The van der Waals surface area contributed by atoms with Crippen LogP contribution in [0.25, 0.3) is 0 Å². The number of fused-ring (bicyclic) bond motifs is 2. The van der Waals surface area contributed by atoms with Gasteiger partial charge in [0.05, 0.1) is 12.6 Å². The predicted molar refractivity (Wildman–Crippen MR) is 89.6 cm³/mol. The molecule has 0 spiro atoms. The van der Waals surface area contributed by atoms with Crippen LogP contribution in [0.5, 0.6) is 5.75 Å². The molecule has 1 aliphatic carbocycles. The van der Waals surface area contributed by atoms with Gasteiger partial charge in [0, 0.05) is 29.7 Å². The van der Waals surface area contributed by atoms with Crippen LogP contribution in [0.2, 0.25) is 0 Å². The third kappa shape index (κ3) is 2.40. The standard InChI is InChI=1S/C19H20N2O3/c1-11-17-14(6-4-7-15(17)22)20-18(11)19(23)21-13-9-10-24-16-8-3-2-5-12(13)16/h2-3,5,8,13,20H,4,6-7,9-10H2,1H3,(H,21,23). The molecule has 124 valence electrons. The van der Waals surface area contributed by atoms with Crippen LogP contribution < -0.4 is 10.1 Å². The molecular formula is C19H20N2O3. The van der Waals surface area contributed by atoms with E-state index in [0.717, 1.165) is 47.4 Å². The van der Waals surface area contributed by atoms with Crippen LogP contribution in [0.3, 0.4) is 0 Å². The second kappa shape index (κ2) is 5.82. The summed E-state index contributed by atoms with van der Waals surface area (Å²) in [6.45, 7) is 2.44. The number of aromatic amines is 1. The highest BCUT2D eigenvalue weighted by atomic mass is 16.5. The van der Waals surface area contributed by atoms with E-state index in [-0.39, 0.29) is 17.7 Å². The van der Waals surface area contributed by atoms with Gasteiger partial charge in [-0.3, -0.25) is 9.59 Å². The zero-order chi connectivity index (χ0) is 16.7. The van der Waals surface area contributed by atoms with E-state index in [9.17, 15) is 9.59 Å². The van der Waals surface area contributed by atoms with Crippen molar-refractivity contribution in [1.82, 2.24) is 10.3 Å². The second-order valence-electron chi connectivity index (χ2n) is 6.46. The molecule has 1 aromatic heterocycles. The summed E-state index contributed by atoms with van der Waals surface area (Å²) < 4.78 is 5.64. The van der Waals surface area contributed by atoms with Gasteiger partial charge in [0.1, 0.15) is 11.4 Å². The molecule has 0 fully saturated rings. The van der Waals surface area contributed by atoms with Gasteiger partial charge in [-0.15, -0.1) is 0 Å². The fraction of sp³-hybridized carbons (Fsp3) is 0.368. The lowest BCUT2D eigenvalue weighted by Gasteiger charge is -2.26. The Morgan fingerprint density at radius 1 is 1.29 bits per heavy atom. The topological polar surface area (TPSA) is 71.2 Å². The SMILES string of the molecule is Cc1c(C(=O)NC2CCOc3ccccc32)[nH]c2c1C(=O)CCC2. The summed E-state index contributed by atoms with van der Waals surface area (Å²) in [5.41, 5.74) is 3.91. The van der Waals surface area contributed by atoms with Crippen LogP contribution >= 0.6 is 0 Å². The van der Waals surface area contributed by atoms with E-state index in [0.29, 0.717) is 18.7 Å². The molecule has 1 atom stereocenters. The summed E-state index contributed by atoms with van der Waals surface area (Å²) in [6.07, 6.45) is 2.98. The molecule has 2 aromatic rings. The van der Waals surface area contributed by atoms with Crippen molar-refractivity contribution in [3.05, 3.63) is 52.3 Å². The highest BCUT2D eigenvalue weighted by molar-refractivity contribution is 6.04. The second-order valence-corrected chi connectivity index (χ2v) is 6.46. The van der Waals surface area contributed by atoms with Gasteiger partial charge in [0.25, 0.3) is 5.91 Å². The largest absolute Gasteiger partial charge is 0.493 e. The highest BCUT2D eigenvalue weighted by Gasteiger charge is 2.28. The molecule has 0 radical (unpaired) electrons. The van der Waals surface area contributed by atoms with Crippen molar-refractivity contribution in [2.24, 2.45) is 0 Å². The molecule has 1 aliphatic heterocycles. The first-order valence-corrected chi connectivity index (χ1v) is 8.42. The molecule has 1 aromatic carbocycles. The zero-order valence-corrected chi connectivity index (χ0v) is 13.6. The molecule has 1 amide bonds. The van der Waals surface area contributed by atoms with Crippen LogP contribution in [0.15, 0.2) is 24.3 Å². The highest BCUT2D eigenvalue weighted by Crippen LogP contribution is 2.32. The number of amides is 1. The first kappa shape index (κ1) is 15.0. The number of aromatic nitrogens is 1. The smallest absolute Gasteiger partial charge is 0.268 e. The van der Waals surface area contributed by atoms with E-state index in [2.05, 4.69) is 10.3 Å². The van der Waals surface area contributed by atoms with Gasteiger partial charge >= 0.3 is 0 Å². The summed E-state index contributed by atoms with van der Waals surface area (Å²) in [7, 11) is 0. The number of carbonyl (C=O) groups excluding carboxylic acids is 2. The van der Waals surface area contributed by atoms with E-state index < -0.39 is 0 Å². The Labute approximate surface area is 140 Å². The monoisotopic (exact) mass is 324 g/mol. The number of hydrogen-bond acceptors (Lipinski definition) is 3. The normalized spacial score (nSPS) is 19.2. The Bertz CT molecular complexity index is 822. The third-order valence-electron chi connectivity index (χ3n) is 4.93. The summed E-state index contributed by atoms with van der Waals surface area (Å²) in [6, 6.07) is 7.71. The van der Waals surface area contributed by atoms with Gasteiger partial charge in [-0.2, -0.15) is 0 Å². The van der Waals surface area contributed by atoms with Gasteiger partial charge in [-0.1, -0.05) is 18.2 Å². The third-order valence-corrected chi connectivity index (χ3v) is 4.93. The lowest BCUT2D eigenvalue weighted by molar-refractivity contribution is 0.0919. The molecule has 2 heterocycles. The van der Waals surface area contributed by atoms with Crippen molar-refractivity contribution in [2.45, 2.75) is 38.6 Å².